The van der Waals surface area contributed by atoms with Gasteiger partial charge < -0.3 is 43.2 Å². The van der Waals surface area contributed by atoms with Gasteiger partial charge >= 0.3 is 5.97 Å². The van der Waals surface area contributed by atoms with E-state index in [4.69, 9.17) is 17.2 Å². The molecule has 1 aromatic heterocycles. The highest BCUT2D eigenvalue weighted by Gasteiger charge is 2.32. The number of aliphatic carboxylic acids is 1. The average molecular weight is 594 g/mol. The van der Waals surface area contributed by atoms with Crippen molar-refractivity contribution in [3.05, 3.63) is 71.9 Å². The molecule has 0 bridgehead atoms. The van der Waals surface area contributed by atoms with Gasteiger partial charge in [-0.3, -0.25) is 19.2 Å². The van der Waals surface area contributed by atoms with E-state index in [2.05, 4.69) is 20.9 Å². The minimum Gasteiger partial charge on any atom is -0.480 e. The standard InChI is InChI=1S/C30H39N7O6/c31-13-7-6-11-21(32)27(39)35-23(15-19-17-34-22-12-5-4-10-20(19)22)28(40)36-24(16-26(33)38)29(41)37-25(30(42)43)14-18-8-2-1-3-9-18/h1-5,8-10,12,17,21,23-25,34H,6-7,11,13-16,31-32H2,(H2,33,38)(H,35,39)(H,36,40)(H,37,41)(H,42,43). The Morgan fingerprint density at radius 3 is 2.09 bits per heavy atom. The first-order valence-corrected chi connectivity index (χ1v) is 14.1. The molecule has 0 aliphatic heterocycles. The second kappa shape index (κ2) is 16.0. The van der Waals surface area contributed by atoms with Gasteiger partial charge in [-0.2, -0.15) is 0 Å². The van der Waals surface area contributed by atoms with Crippen LogP contribution in [0.1, 0.15) is 36.8 Å². The molecule has 4 amide bonds. The van der Waals surface area contributed by atoms with Crippen molar-refractivity contribution in [2.45, 2.75) is 62.7 Å². The van der Waals surface area contributed by atoms with Gasteiger partial charge in [-0.25, -0.2) is 4.79 Å². The Balaban J connectivity index is 1.81. The molecular formula is C30H39N7O6. The molecule has 13 nitrogen and oxygen atoms in total. The van der Waals surface area contributed by atoms with Crippen molar-refractivity contribution in [3.8, 4) is 0 Å². The minimum atomic E-state index is -1.50. The summed E-state index contributed by atoms with van der Waals surface area (Å²) in [5.74, 6) is -4.44. The van der Waals surface area contributed by atoms with Crippen molar-refractivity contribution >= 4 is 40.5 Å². The molecule has 4 atom stereocenters. The summed E-state index contributed by atoms with van der Waals surface area (Å²) in [6.07, 6.45) is 2.79. The molecule has 43 heavy (non-hydrogen) atoms. The first-order valence-electron chi connectivity index (χ1n) is 14.1. The molecule has 0 saturated heterocycles. The quantitative estimate of drug-likeness (QED) is 0.0975. The van der Waals surface area contributed by atoms with Gasteiger partial charge in [0, 0.05) is 29.9 Å². The summed E-state index contributed by atoms with van der Waals surface area (Å²) in [6, 6.07) is 11.2. The van der Waals surface area contributed by atoms with Gasteiger partial charge in [0.2, 0.25) is 23.6 Å². The topological polar surface area (TPSA) is 236 Å². The van der Waals surface area contributed by atoms with Gasteiger partial charge in [0.25, 0.3) is 0 Å². The lowest BCUT2D eigenvalue weighted by Crippen LogP contribution is -2.58. The molecule has 0 aliphatic carbocycles. The summed E-state index contributed by atoms with van der Waals surface area (Å²) in [7, 11) is 0. The number of carbonyl (C=O) groups excluding carboxylic acids is 4. The summed E-state index contributed by atoms with van der Waals surface area (Å²) in [5, 5.41) is 18.1. The predicted molar refractivity (Wildman–Crippen MR) is 160 cm³/mol. The number of hydrogen-bond acceptors (Lipinski definition) is 7. The molecular weight excluding hydrogens is 554 g/mol. The van der Waals surface area contributed by atoms with Crippen molar-refractivity contribution in [1.82, 2.24) is 20.9 Å². The summed E-state index contributed by atoms with van der Waals surface area (Å²) in [6.45, 7) is 0.456. The Morgan fingerprint density at radius 1 is 0.791 bits per heavy atom. The maximum atomic E-state index is 13.6. The SMILES string of the molecule is NCCCCC(N)C(=O)NC(Cc1c[nH]c2ccccc12)C(=O)NC(CC(N)=O)C(=O)NC(Cc1ccccc1)C(=O)O. The molecule has 2 aromatic carbocycles. The lowest BCUT2D eigenvalue weighted by Gasteiger charge is -2.25. The van der Waals surface area contributed by atoms with Crippen LogP contribution in [-0.2, 0) is 36.8 Å². The van der Waals surface area contributed by atoms with Crippen LogP contribution in [0.25, 0.3) is 10.9 Å². The maximum absolute atomic E-state index is 13.6. The fraction of sp³-hybridized carbons (Fsp3) is 0.367. The van der Waals surface area contributed by atoms with Gasteiger partial charge in [-0.05, 0) is 36.6 Å². The molecule has 0 aliphatic rings. The Morgan fingerprint density at radius 2 is 1.42 bits per heavy atom. The van der Waals surface area contributed by atoms with Crippen LogP contribution in [-0.4, -0.2) is 70.4 Å². The van der Waals surface area contributed by atoms with Crippen LogP contribution in [0.4, 0.5) is 0 Å². The Kier molecular flexibility index (Phi) is 12.2. The third-order valence-electron chi connectivity index (χ3n) is 6.97. The van der Waals surface area contributed by atoms with Crippen LogP contribution in [0, 0.1) is 0 Å². The van der Waals surface area contributed by atoms with E-state index in [-0.39, 0.29) is 12.8 Å². The number of hydrogen-bond donors (Lipinski definition) is 8. The molecule has 230 valence electrons. The van der Waals surface area contributed by atoms with Gasteiger partial charge in [0.1, 0.15) is 18.1 Å². The van der Waals surface area contributed by atoms with Gasteiger partial charge in [0.05, 0.1) is 12.5 Å². The van der Waals surface area contributed by atoms with Crippen molar-refractivity contribution in [2.24, 2.45) is 17.2 Å². The van der Waals surface area contributed by atoms with Crippen molar-refractivity contribution < 1.29 is 29.1 Å². The average Bonchev–Trinajstić information content (AvgIpc) is 3.39. The second-order valence-electron chi connectivity index (χ2n) is 10.3. The molecule has 13 heteroatoms. The summed E-state index contributed by atoms with van der Waals surface area (Å²) in [4.78, 5) is 66.6. The number of carbonyl (C=O) groups is 5. The lowest BCUT2D eigenvalue weighted by atomic mass is 10.0. The molecule has 3 rings (SSSR count). The second-order valence-corrected chi connectivity index (χ2v) is 10.3. The zero-order chi connectivity index (χ0) is 31.4. The number of fused-ring (bicyclic) bond motifs is 1. The van der Waals surface area contributed by atoms with Crippen LogP contribution in [0.15, 0.2) is 60.8 Å². The van der Waals surface area contributed by atoms with Crippen LogP contribution in [0.3, 0.4) is 0 Å². The third kappa shape index (κ3) is 9.94. The number of nitrogens with one attached hydrogen (secondary N) is 4. The minimum absolute atomic E-state index is 0.0273. The Labute approximate surface area is 248 Å². The van der Waals surface area contributed by atoms with Gasteiger partial charge in [-0.15, -0.1) is 0 Å². The van der Waals surface area contributed by atoms with E-state index in [0.29, 0.717) is 31.4 Å². The first-order chi connectivity index (χ1) is 20.6. The molecule has 0 spiro atoms. The number of rotatable bonds is 17. The van der Waals surface area contributed by atoms with E-state index < -0.39 is 60.2 Å². The Bertz CT molecular complexity index is 1410. The number of aromatic amines is 1. The molecule has 11 N–H and O–H groups in total. The predicted octanol–water partition coefficient (Wildman–Crippen LogP) is -0.176. The number of carboxylic acid groups (broad SMARTS) is 1. The summed E-state index contributed by atoms with van der Waals surface area (Å²) >= 11 is 0. The largest absolute Gasteiger partial charge is 0.480 e. The van der Waals surface area contributed by atoms with Crippen LogP contribution < -0.4 is 33.2 Å². The molecule has 0 radical (unpaired) electrons. The molecule has 0 saturated carbocycles. The van der Waals surface area contributed by atoms with E-state index in [1.54, 1.807) is 36.5 Å². The van der Waals surface area contributed by atoms with Crippen LogP contribution in [0.2, 0.25) is 0 Å². The number of aromatic nitrogens is 1. The van der Waals surface area contributed by atoms with Crippen molar-refractivity contribution in [1.29, 1.82) is 0 Å². The summed E-state index contributed by atoms with van der Waals surface area (Å²) in [5.41, 5.74) is 19.2. The third-order valence-corrected chi connectivity index (χ3v) is 6.97. The lowest BCUT2D eigenvalue weighted by molar-refractivity contribution is -0.142. The van der Waals surface area contributed by atoms with E-state index >= 15 is 0 Å². The zero-order valence-electron chi connectivity index (χ0n) is 23.8. The van der Waals surface area contributed by atoms with E-state index in [0.717, 1.165) is 16.5 Å². The Hall–Kier alpha value is -4.75. The molecule has 0 fully saturated rings. The molecule has 4 unspecified atom stereocenters. The first kappa shape index (κ1) is 32.8. The molecule has 1 heterocycles. The number of amides is 4. The van der Waals surface area contributed by atoms with Crippen molar-refractivity contribution in [3.63, 3.8) is 0 Å². The monoisotopic (exact) mass is 593 g/mol. The highest BCUT2D eigenvalue weighted by Crippen LogP contribution is 2.19. The number of para-hydroxylation sites is 1. The van der Waals surface area contributed by atoms with Crippen LogP contribution in [0.5, 0.6) is 0 Å². The highest BCUT2D eigenvalue weighted by atomic mass is 16.4. The highest BCUT2D eigenvalue weighted by molar-refractivity contribution is 5.96. The number of unbranched alkanes of at least 4 members (excludes halogenated alkanes) is 1. The fourth-order valence-electron chi connectivity index (χ4n) is 4.65. The van der Waals surface area contributed by atoms with E-state index in [1.807, 2.05) is 24.3 Å². The summed E-state index contributed by atoms with van der Waals surface area (Å²) < 4.78 is 0. The number of carboxylic acids is 1. The maximum Gasteiger partial charge on any atom is 0.326 e. The van der Waals surface area contributed by atoms with Crippen molar-refractivity contribution in [2.75, 3.05) is 6.54 Å². The van der Waals surface area contributed by atoms with Crippen LogP contribution >= 0.6 is 0 Å². The number of benzene rings is 2. The number of H-pyrrole nitrogens is 1. The number of nitrogens with two attached hydrogens (primary N) is 3. The van der Waals surface area contributed by atoms with Gasteiger partial charge in [-0.1, -0.05) is 55.0 Å². The van der Waals surface area contributed by atoms with E-state index in [1.165, 1.54) is 0 Å². The normalized spacial score (nSPS) is 13.8. The molecule has 3 aromatic rings. The smallest absolute Gasteiger partial charge is 0.326 e. The zero-order valence-corrected chi connectivity index (χ0v) is 23.8. The number of primary amides is 1. The van der Waals surface area contributed by atoms with Gasteiger partial charge in [0.15, 0.2) is 0 Å². The van der Waals surface area contributed by atoms with E-state index in [9.17, 15) is 29.1 Å². The fourth-order valence-corrected chi connectivity index (χ4v) is 4.65.